The van der Waals surface area contributed by atoms with Crippen molar-refractivity contribution in [3.63, 3.8) is 0 Å². The van der Waals surface area contributed by atoms with Gasteiger partial charge >= 0.3 is 0 Å². The number of hydrogen-bond acceptors (Lipinski definition) is 5. The molecule has 1 fully saturated rings. The van der Waals surface area contributed by atoms with Crippen LogP contribution in [0.4, 0.5) is 10.1 Å². The average molecular weight is 404 g/mol. The standard InChI is InChI=1S/C22H21FN6O/c1-27-10-12-28(13-11-27)16-8-6-15(7-9-16)21-22-18(24-25-21)14-20(30)29(26-22)19-5-3-2-4-17(19)23/h2-9,14,24H,10-13H2,1H3. The molecular formula is C22H21FN6O. The van der Waals surface area contributed by atoms with Crippen LogP contribution in [0.1, 0.15) is 0 Å². The second-order valence-electron chi connectivity index (χ2n) is 7.52. The monoisotopic (exact) mass is 404 g/mol. The molecule has 5 rings (SSSR count). The van der Waals surface area contributed by atoms with Gasteiger partial charge in [-0.3, -0.25) is 9.89 Å². The molecule has 0 bridgehead atoms. The van der Waals surface area contributed by atoms with Crippen molar-refractivity contribution in [1.82, 2.24) is 24.9 Å². The summed E-state index contributed by atoms with van der Waals surface area (Å²) in [6.07, 6.45) is 0. The average Bonchev–Trinajstić information content (AvgIpc) is 3.17. The Balaban J connectivity index is 1.53. The third-order valence-corrected chi connectivity index (χ3v) is 5.53. The first-order valence-electron chi connectivity index (χ1n) is 9.87. The first-order valence-corrected chi connectivity index (χ1v) is 9.87. The first kappa shape index (κ1) is 18.5. The molecule has 0 spiro atoms. The maximum atomic E-state index is 14.2. The number of rotatable bonds is 3. The number of anilines is 1. The predicted octanol–water partition coefficient (Wildman–Crippen LogP) is 2.67. The maximum Gasteiger partial charge on any atom is 0.273 e. The topological polar surface area (TPSA) is 70.0 Å². The number of piperazine rings is 1. The van der Waals surface area contributed by atoms with Crippen LogP contribution in [0.25, 0.3) is 28.0 Å². The van der Waals surface area contributed by atoms with Crippen LogP contribution in [0.3, 0.4) is 0 Å². The second-order valence-corrected chi connectivity index (χ2v) is 7.52. The fraction of sp³-hybridized carbons (Fsp3) is 0.227. The summed E-state index contributed by atoms with van der Waals surface area (Å²) in [5, 5.41) is 11.6. The summed E-state index contributed by atoms with van der Waals surface area (Å²) in [6, 6.07) is 15.6. The van der Waals surface area contributed by atoms with Crippen LogP contribution in [0.5, 0.6) is 0 Å². The van der Waals surface area contributed by atoms with Gasteiger partial charge in [0.2, 0.25) is 0 Å². The van der Waals surface area contributed by atoms with Gasteiger partial charge in [0, 0.05) is 43.5 Å². The molecular weight excluding hydrogens is 383 g/mol. The lowest BCUT2D eigenvalue weighted by Crippen LogP contribution is -2.44. The van der Waals surface area contributed by atoms with E-state index >= 15 is 0 Å². The molecule has 0 aliphatic carbocycles. The largest absolute Gasteiger partial charge is 0.369 e. The second kappa shape index (κ2) is 7.38. The van der Waals surface area contributed by atoms with Crippen molar-refractivity contribution in [1.29, 1.82) is 0 Å². The number of likely N-dealkylation sites (N-methyl/N-ethyl adjacent to an activating group) is 1. The van der Waals surface area contributed by atoms with Crippen molar-refractivity contribution < 1.29 is 4.39 Å². The molecule has 1 saturated heterocycles. The minimum atomic E-state index is -0.506. The summed E-state index contributed by atoms with van der Waals surface area (Å²) in [5.41, 5.74) is 3.40. The highest BCUT2D eigenvalue weighted by atomic mass is 19.1. The van der Waals surface area contributed by atoms with E-state index in [-0.39, 0.29) is 5.69 Å². The van der Waals surface area contributed by atoms with E-state index < -0.39 is 11.4 Å². The van der Waals surface area contributed by atoms with Gasteiger partial charge in [-0.2, -0.15) is 14.9 Å². The Morgan fingerprint density at radius 1 is 1.00 bits per heavy atom. The van der Waals surface area contributed by atoms with Gasteiger partial charge in [-0.25, -0.2) is 4.39 Å². The third kappa shape index (κ3) is 3.25. The van der Waals surface area contributed by atoms with Crippen LogP contribution in [-0.2, 0) is 0 Å². The number of H-pyrrole nitrogens is 1. The molecule has 152 valence electrons. The van der Waals surface area contributed by atoms with Crippen molar-refractivity contribution in [2.75, 3.05) is 38.1 Å². The Labute approximate surface area is 172 Å². The number of nitrogens with zero attached hydrogens (tertiary/aromatic N) is 5. The molecule has 8 heteroatoms. The summed E-state index contributed by atoms with van der Waals surface area (Å²) in [5.74, 6) is -0.506. The zero-order valence-electron chi connectivity index (χ0n) is 16.5. The summed E-state index contributed by atoms with van der Waals surface area (Å²) >= 11 is 0. The highest BCUT2D eigenvalue weighted by Gasteiger charge is 2.17. The third-order valence-electron chi connectivity index (χ3n) is 5.53. The Kier molecular flexibility index (Phi) is 4.55. The van der Waals surface area contributed by atoms with E-state index in [4.69, 9.17) is 0 Å². The highest BCUT2D eigenvalue weighted by Crippen LogP contribution is 2.27. The minimum Gasteiger partial charge on any atom is -0.369 e. The number of nitrogens with one attached hydrogen (secondary N) is 1. The van der Waals surface area contributed by atoms with Crippen LogP contribution in [0.2, 0.25) is 0 Å². The van der Waals surface area contributed by atoms with Gasteiger partial charge in [0.25, 0.3) is 5.56 Å². The normalized spacial score (nSPS) is 15.1. The number of fused-ring (bicyclic) bond motifs is 1. The minimum absolute atomic E-state index is 0.113. The zero-order valence-corrected chi connectivity index (χ0v) is 16.5. The van der Waals surface area contributed by atoms with E-state index in [0.29, 0.717) is 16.7 Å². The van der Waals surface area contributed by atoms with E-state index in [2.05, 4.69) is 44.3 Å². The number of aromatic amines is 1. The van der Waals surface area contributed by atoms with Crippen LogP contribution in [-0.4, -0.2) is 58.1 Å². The van der Waals surface area contributed by atoms with Gasteiger partial charge in [0.15, 0.2) is 0 Å². The Morgan fingerprint density at radius 3 is 2.47 bits per heavy atom. The summed E-state index contributed by atoms with van der Waals surface area (Å²) in [7, 11) is 2.14. The number of para-hydroxylation sites is 1. The molecule has 0 saturated carbocycles. The fourth-order valence-corrected chi connectivity index (χ4v) is 3.78. The first-order chi connectivity index (χ1) is 14.6. The van der Waals surface area contributed by atoms with Crippen LogP contribution in [0.15, 0.2) is 59.4 Å². The van der Waals surface area contributed by atoms with Gasteiger partial charge in [-0.15, -0.1) is 0 Å². The number of hydrogen-bond donors (Lipinski definition) is 1. The summed E-state index contributed by atoms with van der Waals surface area (Å²) in [6.45, 7) is 4.09. The molecule has 1 N–H and O–H groups in total. The molecule has 1 aliphatic rings. The van der Waals surface area contributed by atoms with Crippen molar-refractivity contribution in [2.45, 2.75) is 0 Å². The van der Waals surface area contributed by atoms with Crippen molar-refractivity contribution in [3.8, 4) is 16.9 Å². The van der Waals surface area contributed by atoms with Crippen LogP contribution in [0, 0.1) is 5.82 Å². The van der Waals surface area contributed by atoms with Gasteiger partial charge in [-0.05, 0) is 31.3 Å². The van der Waals surface area contributed by atoms with E-state index in [1.54, 1.807) is 12.1 Å². The highest BCUT2D eigenvalue weighted by molar-refractivity contribution is 5.89. The Morgan fingerprint density at radius 2 is 1.73 bits per heavy atom. The molecule has 2 aromatic heterocycles. The van der Waals surface area contributed by atoms with Crippen molar-refractivity contribution >= 4 is 16.7 Å². The van der Waals surface area contributed by atoms with Gasteiger partial charge in [-0.1, -0.05) is 24.3 Å². The molecule has 0 radical (unpaired) electrons. The quantitative estimate of drug-likeness (QED) is 0.569. The van der Waals surface area contributed by atoms with Crippen molar-refractivity contribution in [3.05, 3.63) is 70.8 Å². The van der Waals surface area contributed by atoms with Gasteiger partial charge < -0.3 is 9.80 Å². The van der Waals surface area contributed by atoms with E-state index in [1.807, 2.05) is 12.1 Å². The van der Waals surface area contributed by atoms with Crippen LogP contribution < -0.4 is 10.5 Å². The molecule has 4 aromatic rings. The molecule has 1 aliphatic heterocycles. The van der Waals surface area contributed by atoms with E-state index in [0.717, 1.165) is 36.4 Å². The number of benzene rings is 2. The van der Waals surface area contributed by atoms with Crippen molar-refractivity contribution in [2.24, 2.45) is 0 Å². The number of halogens is 1. The fourth-order valence-electron chi connectivity index (χ4n) is 3.78. The van der Waals surface area contributed by atoms with E-state index in [1.165, 1.54) is 23.9 Å². The molecule has 0 atom stereocenters. The summed E-state index contributed by atoms with van der Waals surface area (Å²) < 4.78 is 15.3. The van der Waals surface area contributed by atoms with Crippen LogP contribution >= 0.6 is 0 Å². The van der Waals surface area contributed by atoms with E-state index in [9.17, 15) is 9.18 Å². The Hall–Kier alpha value is -3.52. The zero-order chi connectivity index (χ0) is 20.7. The molecule has 30 heavy (non-hydrogen) atoms. The summed E-state index contributed by atoms with van der Waals surface area (Å²) in [4.78, 5) is 17.1. The molecule has 0 amide bonds. The lowest BCUT2D eigenvalue weighted by atomic mass is 10.1. The molecule has 0 unspecified atom stereocenters. The SMILES string of the molecule is CN1CCN(c2ccc(-c3n[nH]c4cc(=O)n(-c5ccccc5F)nc34)cc2)CC1. The predicted molar refractivity (Wildman–Crippen MR) is 115 cm³/mol. The number of aromatic nitrogens is 4. The molecule has 2 aromatic carbocycles. The molecule has 3 heterocycles. The van der Waals surface area contributed by atoms with Gasteiger partial charge in [0.1, 0.15) is 22.7 Å². The lowest BCUT2D eigenvalue weighted by molar-refractivity contribution is 0.313. The smallest absolute Gasteiger partial charge is 0.273 e. The van der Waals surface area contributed by atoms with Gasteiger partial charge in [0.05, 0.1) is 5.52 Å². The molecule has 7 nitrogen and oxygen atoms in total. The maximum absolute atomic E-state index is 14.2. The lowest BCUT2D eigenvalue weighted by Gasteiger charge is -2.34. The Bertz CT molecular complexity index is 1250.